The second-order valence-corrected chi connectivity index (χ2v) is 7.41. The van der Waals surface area contributed by atoms with Crippen LogP contribution in [0.3, 0.4) is 0 Å². The van der Waals surface area contributed by atoms with Crippen LogP contribution in [0.4, 0.5) is 0 Å². The van der Waals surface area contributed by atoms with E-state index >= 15 is 0 Å². The summed E-state index contributed by atoms with van der Waals surface area (Å²) < 4.78 is 0.709. The van der Waals surface area contributed by atoms with Crippen LogP contribution >= 0.6 is 22.6 Å². The number of rotatable bonds is 2. The van der Waals surface area contributed by atoms with E-state index in [1.54, 1.807) is 0 Å². The molecule has 1 unspecified atom stereocenters. The van der Waals surface area contributed by atoms with Crippen LogP contribution in [0.25, 0.3) is 0 Å². The second kappa shape index (κ2) is 4.49. The molecule has 0 saturated carbocycles. The van der Waals surface area contributed by atoms with Crippen molar-refractivity contribution < 1.29 is 0 Å². The Morgan fingerprint density at radius 2 is 1.53 bits per heavy atom. The van der Waals surface area contributed by atoms with Gasteiger partial charge in [0.25, 0.3) is 0 Å². The highest BCUT2D eigenvalue weighted by Gasteiger charge is 2.45. The lowest BCUT2D eigenvalue weighted by Gasteiger charge is -2.56. The first-order chi connectivity index (χ1) is 7.02. The Hall–Kier alpha value is 0.650. The van der Waals surface area contributed by atoms with Gasteiger partial charge in [0.05, 0.1) is 4.05 Å². The number of alkyl halides is 1. The molecule has 88 valence electrons. The van der Waals surface area contributed by atoms with Crippen LogP contribution in [0.15, 0.2) is 0 Å². The molecule has 0 aliphatic carbocycles. The summed E-state index contributed by atoms with van der Waals surface area (Å²) in [6, 6.07) is 0.747. The summed E-state index contributed by atoms with van der Waals surface area (Å²) in [5.74, 6) is 0. The molecule has 0 aromatic rings. The predicted molar refractivity (Wildman–Crippen MR) is 73.4 cm³/mol. The number of hydrogen-bond donors (Lipinski definition) is 0. The van der Waals surface area contributed by atoms with Gasteiger partial charge in [-0.15, -0.1) is 0 Å². The van der Waals surface area contributed by atoms with E-state index in [4.69, 9.17) is 0 Å². The quantitative estimate of drug-likeness (QED) is 0.438. The first-order valence-corrected chi connectivity index (χ1v) is 7.39. The van der Waals surface area contributed by atoms with Crippen LogP contribution in [0, 0.1) is 5.41 Å². The lowest BCUT2D eigenvalue weighted by atomic mass is 9.71. The average Bonchev–Trinajstić information content (AvgIpc) is 2.13. The van der Waals surface area contributed by atoms with Crippen molar-refractivity contribution in [3.8, 4) is 0 Å². The first-order valence-electron chi connectivity index (χ1n) is 6.15. The van der Waals surface area contributed by atoms with Crippen LogP contribution in [-0.2, 0) is 0 Å². The monoisotopic (exact) mass is 322 g/mol. The molecule has 0 N–H and O–H groups in total. The van der Waals surface area contributed by atoms with E-state index in [1.807, 2.05) is 0 Å². The number of hydrogen-bond acceptors (Lipinski definition) is 2. The van der Waals surface area contributed by atoms with Crippen molar-refractivity contribution in [2.45, 2.75) is 43.7 Å². The number of piperidine rings is 1. The third-order valence-corrected chi connectivity index (χ3v) is 4.96. The third-order valence-electron chi connectivity index (χ3n) is 4.17. The molecule has 0 bridgehead atoms. The Bertz CT molecular complexity index is 212. The van der Waals surface area contributed by atoms with Gasteiger partial charge in [-0.05, 0) is 52.1 Å². The Balaban J connectivity index is 1.80. The minimum absolute atomic E-state index is 0.701. The highest BCUT2D eigenvalue weighted by molar-refractivity contribution is 14.1. The van der Waals surface area contributed by atoms with Crippen molar-refractivity contribution in [3.63, 3.8) is 0 Å². The molecular formula is C12H23IN2. The smallest absolute Gasteiger partial charge is 0.0589 e. The lowest BCUT2D eigenvalue weighted by Crippen LogP contribution is -2.62. The molecule has 0 aromatic carbocycles. The molecule has 2 heterocycles. The molecule has 2 aliphatic rings. The van der Waals surface area contributed by atoms with Gasteiger partial charge in [-0.3, -0.25) is 9.80 Å². The Kier molecular flexibility index (Phi) is 3.63. The maximum Gasteiger partial charge on any atom is 0.0589 e. The molecule has 15 heavy (non-hydrogen) atoms. The number of likely N-dealkylation sites (tertiary alicyclic amines) is 2. The van der Waals surface area contributed by atoms with Crippen molar-refractivity contribution in [1.82, 2.24) is 9.80 Å². The van der Waals surface area contributed by atoms with E-state index in [0.29, 0.717) is 9.46 Å². The zero-order valence-corrected chi connectivity index (χ0v) is 12.3. The molecule has 1 atom stereocenters. The minimum Gasteiger partial charge on any atom is -0.300 e. The molecule has 3 heteroatoms. The summed E-state index contributed by atoms with van der Waals surface area (Å²) in [6.07, 6.45) is 2.84. The summed E-state index contributed by atoms with van der Waals surface area (Å²) in [5, 5.41) is 0. The topological polar surface area (TPSA) is 6.48 Å². The molecule has 2 saturated heterocycles. The zero-order chi connectivity index (χ0) is 11.1. The van der Waals surface area contributed by atoms with Crippen LogP contribution in [-0.4, -0.2) is 46.1 Å². The SMILES string of the molecule is CC(C)N1CC2(CCN(C(C)I)CC2)C1. The van der Waals surface area contributed by atoms with Gasteiger partial charge in [-0.2, -0.15) is 0 Å². The lowest BCUT2D eigenvalue weighted by molar-refractivity contribution is -0.0622. The molecule has 2 nitrogen and oxygen atoms in total. The number of nitrogens with zero attached hydrogens (tertiary/aromatic N) is 2. The van der Waals surface area contributed by atoms with Crippen molar-refractivity contribution in [3.05, 3.63) is 0 Å². The molecule has 2 aliphatic heterocycles. The molecule has 2 fully saturated rings. The zero-order valence-electron chi connectivity index (χ0n) is 10.2. The molecule has 1 spiro atoms. The van der Waals surface area contributed by atoms with E-state index in [1.165, 1.54) is 39.0 Å². The molecule has 2 rings (SSSR count). The fourth-order valence-corrected chi connectivity index (χ4v) is 3.41. The Morgan fingerprint density at radius 3 is 1.93 bits per heavy atom. The van der Waals surface area contributed by atoms with E-state index < -0.39 is 0 Å². The highest BCUT2D eigenvalue weighted by Crippen LogP contribution is 2.41. The molecular weight excluding hydrogens is 299 g/mol. The molecule has 0 amide bonds. The van der Waals surface area contributed by atoms with Crippen LogP contribution in [0.1, 0.15) is 33.6 Å². The fourth-order valence-electron chi connectivity index (χ4n) is 2.85. The largest absolute Gasteiger partial charge is 0.300 e. The van der Waals surface area contributed by atoms with Gasteiger partial charge in [0, 0.05) is 19.1 Å². The standard InChI is InChI=1S/C12H23IN2/c1-10(2)15-8-12(9-15)4-6-14(7-5-12)11(3)13/h10-11H,4-9H2,1-3H3. The van der Waals surface area contributed by atoms with Gasteiger partial charge in [0.2, 0.25) is 0 Å². The fraction of sp³-hybridized carbons (Fsp3) is 1.00. The van der Waals surface area contributed by atoms with Crippen molar-refractivity contribution >= 4 is 22.6 Å². The van der Waals surface area contributed by atoms with Crippen LogP contribution in [0.2, 0.25) is 0 Å². The Morgan fingerprint density at radius 1 is 1.00 bits per heavy atom. The first kappa shape index (κ1) is 12.1. The maximum absolute atomic E-state index is 2.61. The summed E-state index contributed by atoms with van der Waals surface area (Å²) in [5.41, 5.74) is 0.701. The van der Waals surface area contributed by atoms with Crippen LogP contribution < -0.4 is 0 Å². The van der Waals surface area contributed by atoms with Gasteiger partial charge >= 0.3 is 0 Å². The summed E-state index contributed by atoms with van der Waals surface area (Å²) in [7, 11) is 0. The molecule has 0 radical (unpaired) electrons. The van der Waals surface area contributed by atoms with Crippen molar-refractivity contribution in [2.24, 2.45) is 5.41 Å². The van der Waals surface area contributed by atoms with Gasteiger partial charge in [0.1, 0.15) is 0 Å². The number of halogens is 1. The summed E-state index contributed by atoms with van der Waals surface area (Å²) >= 11 is 2.53. The van der Waals surface area contributed by atoms with Gasteiger partial charge in [0.15, 0.2) is 0 Å². The van der Waals surface area contributed by atoms with Gasteiger partial charge in [-0.25, -0.2) is 0 Å². The summed E-state index contributed by atoms with van der Waals surface area (Å²) in [6.45, 7) is 12.3. The van der Waals surface area contributed by atoms with Crippen molar-refractivity contribution in [2.75, 3.05) is 26.2 Å². The van der Waals surface area contributed by atoms with E-state index in [9.17, 15) is 0 Å². The molecule has 0 aromatic heterocycles. The maximum atomic E-state index is 2.61. The van der Waals surface area contributed by atoms with E-state index in [-0.39, 0.29) is 0 Å². The summed E-state index contributed by atoms with van der Waals surface area (Å²) in [4.78, 5) is 5.23. The van der Waals surface area contributed by atoms with Crippen LogP contribution in [0.5, 0.6) is 0 Å². The van der Waals surface area contributed by atoms with Gasteiger partial charge < -0.3 is 0 Å². The predicted octanol–water partition coefficient (Wildman–Crippen LogP) is 2.57. The minimum atomic E-state index is 0.701. The third kappa shape index (κ3) is 2.50. The highest BCUT2D eigenvalue weighted by atomic mass is 127. The van der Waals surface area contributed by atoms with Gasteiger partial charge in [-0.1, -0.05) is 22.6 Å². The van der Waals surface area contributed by atoms with E-state index in [0.717, 1.165) is 6.04 Å². The normalized spacial score (nSPS) is 29.4. The van der Waals surface area contributed by atoms with E-state index in [2.05, 4.69) is 53.2 Å². The Labute approximate surface area is 108 Å². The second-order valence-electron chi connectivity index (χ2n) is 5.61. The average molecular weight is 322 g/mol. The van der Waals surface area contributed by atoms with Crippen molar-refractivity contribution in [1.29, 1.82) is 0 Å².